The number of morpholine rings is 1. The van der Waals surface area contributed by atoms with Crippen LogP contribution in [0.1, 0.15) is 33.6 Å². The lowest BCUT2D eigenvalue weighted by Gasteiger charge is -2.29. The van der Waals surface area contributed by atoms with Crippen LogP contribution in [0.4, 0.5) is 16.4 Å². The maximum absolute atomic E-state index is 13.0. The predicted octanol–water partition coefficient (Wildman–Crippen LogP) is 1.00. The highest BCUT2D eigenvalue weighted by Crippen LogP contribution is 2.28. The lowest BCUT2D eigenvalue weighted by atomic mass is 10.0. The van der Waals surface area contributed by atoms with E-state index >= 15 is 0 Å². The Labute approximate surface area is 190 Å². The first kappa shape index (κ1) is 22.6. The maximum atomic E-state index is 13.0. The number of aromatic nitrogens is 2. The number of rotatable bonds is 6. The summed E-state index contributed by atoms with van der Waals surface area (Å²) < 4.78 is 11.4. The number of hydrogen-bond acceptors (Lipinski definition) is 9. The van der Waals surface area contributed by atoms with Gasteiger partial charge in [-0.1, -0.05) is 0 Å². The molecule has 11 nitrogen and oxygen atoms in total. The van der Waals surface area contributed by atoms with Gasteiger partial charge in [0.15, 0.2) is 6.29 Å². The van der Waals surface area contributed by atoms with E-state index in [1.54, 1.807) is 6.07 Å². The summed E-state index contributed by atoms with van der Waals surface area (Å²) in [4.78, 5) is 34.3. The fraction of sp³-hybridized carbons (Fsp3) is 0.409. The molecule has 1 saturated heterocycles. The Kier molecular flexibility index (Phi) is 7.09. The molecule has 1 atom stereocenters. The van der Waals surface area contributed by atoms with Gasteiger partial charge in [0.25, 0.3) is 0 Å². The van der Waals surface area contributed by atoms with Crippen LogP contribution in [-0.2, 0) is 17.8 Å². The van der Waals surface area contributed by atoms with E-state index in [1.807, 2.05) is 6.07 Å². The van der Waals surface area contributed by atoms with E-state index < -0.39 is 6.03 Å². The standard InChI is InChI=1S/C22H24N6O5/c23-8-16-9-25-20(7-19(16)33-13-17-10-24-3-5-32-17)27-22(31)28-4-1-2-14-6-15(11-29)18(12-30)26-21(14)28/h6-7,9,12,17,24,29H,1-5,10-11,13H2,(H,25,27,31). The van der Waals surface area contributed by atoms with E-state index in [0.29, 0.717) is 56.0 Å². The molecule has 2 aliphatic rings. The molecule has 4 heterocycles. The van der Waals surface area contributed by atoms with Gasteiger partial charge in [-0.2, -0.15) is 5.26 Å². The molecule has 0 saturated carbocycles. The van der Waals surface area contributed by atoms with Gasteiger partial charge in [-0.15, -0.1) is 0 Å². The number of anilines is 2. The number of carbonyl (C=O) groups excluding carboxylic acids is 2. The van der Waals surface area contributed by atoms with Gasteiger partial charge in [0.2, 0.25) is 0 Å². The van der Waals surface area contributed by atoms with Gasteiger partial charge in [0.1, 0.15) is 47.4 Å². The summed E-state index contributed by atoms with van der Waals surface area (Å²) >= 11 is 0. The van der Waals surface area contributed by atoms with Gasteiger partial charge in [-0.25, -0.2) is 14.8 Å². The second kappa shape index (κ2) is 10.4. The van der Waals surface area contributed by atoms with Crippen molar-refractivity contribution in [3.63, 3.8) is 0 Å². The SMILES string of the molecule is N#Cc1cnc(NC(=O)N2CCCc3cc(CO)c(C=O)nc32)cc1OCC1CNCCO1. The zero-order valence-electron chi connectivity index (χ0n) is 17.9. The first-order chi connectivity index (χ1) is 16.1. The van der Waals surface area contributed by atoms with Crippen LogP contribution >= 0.6 is 0 Å². The monoisotopic (exact) mass is 452 g/mol. The molecule has 0 spiro atoms. The predicted molar refractivity (Wildman–Crippen MR) is 117 cm³/mol. The summed E-state index contributed by atoms with van der Waals surface area (Å²) in [5.74, 6) is 0.890. The third kappa shape index (κ3) is 5.09. The van der Waals surface area contributed by atoms with E-state index in [1.165, 1.54) is 17.2 Å². The van der Waals surface area contributed by atoms with Gasteiger partial charge in [0.05, 0.1) is 19.4 Å². The number of amides is 2. The van der Waals surface area contributed by atoms with Crippen molar-refractivity contribution in [3.8, 4) is 11.8 Å². The van der Waals surface area contributed by atoms with Crippen LogP contribution in [-0.4, -0.2) is 66.3 Å². The summed E-state index contributed by atoms with van der Waals surface area (Å²) in [6.07, 6.45) is 3.16. The highest BCUT2D eigenvalue weighted by atomic mass is 16.5. The van der Waals surface area contributed by atoms with Crippen LogP contribution in [0.2, 0.25) is 0 Å². The smallest absolute Gasteiger partial charge is 0.328 e. The van der Waals surface area contributed by atoms with Crippen LogP contribution in [0, 0.1) is 11.3 Å². The average molecular weight is 452 g/mol. The van der Waals surface area contributed by atoms with Crippen LogP contribution in [0.25, 0.3) is 0 Å². The van der Waals surface area contributed by atoms with Crippen molar-refractivity contribution in [2.75, 3.05) is 43.1 Å². The van der Waals surface area contributed by atoms with Crippen molar-refractivity contribution >= 4 is 24.0 Å². The summed E-state index contributed by atoms with van der Waals surface area (Å²) in [7, 11) is 0. The van der Waals surface area contributed by atoms with Crippen LogP contribution < -0.4 is 20.3 Å². The zero-order chi connectivity index (χ0) is 23.2. The lowest BCUT2D eigenvalue weighted by Crippen LogP contribution is -2.41. The number of pyridine rings is 2. The fourth-order valence-corrected chi connectivity index (χ4v) is 3.78. The molecular weight excluding hydrogens is 428 g/mol. The van der Waals surface area contributed by atoms with Gasteiger partial charge in [-0.3, -0.25) is 15.0 Å². The Bertz CT molecular complexity index is 1080. The average Bonchev–Trinajstić information content (AvgIpc) is 2.86. The molecule has 33 heavy (non-hydrogen) atoms. The number of aliphatic hydroxyl groups excluding tert-OH is 1. The van der Waals surface area contributed by atoms with Crippen LogP contribution in [0.5, 0.6) is 5.75 Å². The Morgan fingerprint density at radius 2 is 2.36 bits per heavy atom. The minimum Gasteiger partial charge on any atom is -0.489 e. The minimum atomic E-state index is -0.472. The molecule has 1 unspecified atom stereocenters. The van der Waals surface area contributed by atoms with Gasteiger partial charge in [0, 0.05) is 31.3 Å². The molecule has 4 rings (SSSR count). The number of hydrogen-bond donors (Lipinski definition) is 3. The molecule has 0 aliphatic carbocycles. The van der Waals surface area contributed by atoms with E-state index in [-0.39, 0.29) is 36.4 Å². The molecule has 0 bridgehead atoms. The number of ether oxygens (including phenoxy) is 2. The number of fused-ring (bicyclic) bond motifs is 1. The topological polar surface area (TPSA) is 150 Å². The Morgan fingerprint density at radius 1 is 1.48 bits per heavy atom. The molecule has 0 radical (unpaired) electrons. The first-order valence-electron chi connectivity index (χ1n) is 10.7. The van der Waals surface area contributed by atoms with Crippen LogP contribution in [0.3, 0.4) is 0 Å². The molecule has 3 N–H and O–H groups in total. The number of urea groups is 1. The number of carbonyl (C=O) groups is 2. The maximum Gasteiger partial charge on any atom is 0.328 e. The van der Waals surface area contributed by atoms with Crippen molar-refractivity contribution in [1.82, 2.24) is 15.3 Å². The van der Waals surface area contributed by atoms with E-state index in [2.05, 4.69) is 20.6 Å². The van der Waals surface area contributed by atoms with Gasteiger partial charge < -0.3 is 19.9 Å². The molecule has 2 aromatic rings. The molecule has 172 valence electrons. The third-order valence-corrected chi connectivity index (χ3v) is 5.45. The quantitative estimate of drug-likeness (QED) is 0.546. The van der Waals surface area contributed by atoms with E-state index in [0.717, 1.165) is 12.1 Å². The summed E-state index contributed by atoms with van der Waals surface area (Å²) in [5.41, 5.74) is 1.55. The zero-order valence-corrected chi connectivity index (χ0v) is 17.9. The first-order valence-corrected chi connectivity index (χ1v) is 10.7. The number of aldehydes is 1. The van der Waals surface area contributed by atoms with Gasteiger partial charge >= 0.3 is 6.03 Å². The normalized spacial score (nSPS) is 17.6. The second-order valence-electron chi connectivity index (χ2n) is 7.66. The number of nitriles is 1. The highest BCUT2D eigenvalue weighted by Gasteiger charge is 2.26. The molecular formula is C22H24N6O5. The van der Waals surface area contributed by atoms with Crippen molar-refractivity contribution in [3.05, 3.63) is 40.7 Å². The second-order valence-corrected chi connectivity index (χ2v) is 7.66. The number of nitrogens with zero attached hydrogens (tertiary/aromatic N) is 4. The van der Waals surface area contributed by atoms with Gasteiger partial charge in [-0.05, 0) is 24.5 Å². The van der Waals surface area contributed by atoms with Crippen molar-refractivity contribution in [2.24, 2.45) is 0 Å². The summed E-state index contributed by atoms with van der Waals surface area (Å²) in [5, 5.41) is 24.8. The molecule has 2 aliphatic heterocycles. The lowest BCUT2D eigenvalue weighted by molar-refractivity contribution is 0.000135. The molecule has 2 amide bonds. The Hall–Kier alpha value is -3.59. The minimum absolute atomic E-state index is 0.0996. The Balaban J connectivity index is 1.51. The number of aryl methyl sites for hydroxylation is 1. The molecule has 0 aromatic carbocycles. The van der Waals surface area contributed by atoms with Crippen LogP contribution in [0.15, 0.2) is 18.3 Å². The third-order valence-electron chi connectivity index (χ3n) is 5.45. The summed E-state index contributed by atoms with van der Waals surface area (Å²) in [6, 6.07) is 4.77. The largest absolute Gasteiger partial charge is 0.489 e. The highest BCUT2D eigenvalue weighted by molar-refractivity contribution is 6.01. The van der Waals surface area contributed by atoms with Crippen molar-refractivity contribution < 1.29 is 24.2 Å². The Morgan fingerprint density at radius 3 is 3.09 bits per heavy atom. The fourth-order valence-electron chi connectivity index (χ4n) is 3.78. The summed E-state index contributed by atoms with van der Waals surface area (Å²) in [6.45, 7) is 2.39. The van der Waals surface area contributed by atoms with E-state index in [4.69, 9.17) is 9.47 Å². The molecule has 1 fully saturated rings. The number of aliphatic hydroxyl groups is 1. The van der Waals surface area contributed by atoms with Crippen molar-refractivity contribution in [1.29, 1.82) is 5.26 Å². The molecule has 2 aromatic heterocycles. The number of nitrogens with one attached hydrogen (secondary N) is 2. The van der Waals surface area contributed by atoms with E-state index in [9.17, 15) is 20.0 Å². The molecule has 11 heteroatoms. The van der Waals surface area contributed by atoms with Crippen molar-refractivity contribution in [2.45, 2.75) is 25.6 Å².